The van der Waals surface area contributed by atoms with E-state index in [0.29, 0.717) is 25.2 Å². The molecule has 0 fully saturated rings. The monoisotopic (exact) mass is 366 g/mol. The first kappa shape index (κ1) is 20.7. The van der Waals surface area contributed by atoms with Gasteiger partial charge in [-0.05, 0) is 35.1 Å². The number of amides is 2. The van der Waals surface area contributed by atoms with Crippen molar-refractivity contribution in [2.45, 2.75) is 39.5 Å². The number of hydrogen-bond donors (Lipinski definition) is 1. The molecule has 4 nitrogen and oxygen atoms in total. The van der Waals surface area contributed by atoms with Crippen molar-refractivity contribution in [1.29, 1.82) is 0 Å². The summed E-state index contributed by atoms with van der Waals surface area (Å²) in [5, 5.41) is 2.91. The Morgan fingerprint density at radius 1 is 0.926 bits per heavy atom. The van der Waals surface area contributed by atoms with Crippen molar-refractivity contribution >= 4 is 11.8 Å². The third kappa shape index (κ3) is 6.55. The van der Waals surface area contributed by atoms with Crippen LogP contribution in [0, 0.1) is 0 Å². The Morgan fingerprint density at radius 3 is 2.11 bits per heavy atom. The van der Waals surface area contributed by atoms with Crippen molar-refractivity contribution in [2.24, 2.45) is 0 Å². The van der Waals surface area contributed by atoms with Crippen LogP contribution in [0.25, 0.3) is 0 Å². The Hall–Kier alpha value is -2.62. The summed E-state index contributed by atoms with van der Waals surface area (Å²) in [6.07, 6.45) is 0.808. The molecular formula is C23H30N2O2. The summed E-state index contributed by atoms with van der Waals surface area (Å²) in [5.41, 5.74) is 3.10. The third-order valence-electron chi connectivity index (χ3n) is 4.64. The molecule has 0 radical (unpaired) electrons. The van der Waals surface area contributed by atoms with E-state index in [-0.39, 0.29) is 17.2 Å². The molecule has 0 saturated heterocycles. The quantitative estimate of drug-likeness (QED) is 0.810. The molecule has 2 aromatic carbocycles. The van der Waals surface area contributed by atoms with E-state index in [0.717, 1.165) is 6.42 Å². The molecule has 0 bridgehead atoms. The molecule has 27 heavy (non-hydrogen) atoms. The van der Waals surface area contributed by atoms with E-state index >= 15 is 0 Å². The molecular weight excluding hydrogens is 336 g/mol. The van der Waals surface area contributed by atoms with Crippen LogP contribution < -0.4 is 5.32 Å². The third-order valence-corrected chi connectivity index (χ3v) is 4.64. The van der Waals surface area contributed by atoms with E-state index in [1.54, 1.807) is 11.8 Å². The van der Waals surface area contributed by atoms with Crippen LogP contribution >= 0.6 is 0 Å². The summed E-state index contributed by atoms with van der Waals surface area (Å²) in [7, 11) is 0. The molecule has 1 N–H and O–H groups in total. The van der Waals surface area contributed by atoms with Crippen LogP contribution in [-0.2, 0) is 16.6 Å². The molecule has 0 aliphatic heterocycles. The van der Waals surface area contributed by atoms with E-state index < -0.39 is 0 Å². The number of carbonyl (C=O) groups excluding carboxylic acids is 2. The van der Waals surface area contributed by atoms with E-state index in [9.17, 15) is 9.59 Å². The minimum Gasteiger partial charge on any atom is -0.350 e. The maximum atomic E-state index is 12.3. The highest BCUT2D eigenvalue weighted by Crippen LogP contribution is 2.22. The van der Waals surface area contributed by atoms with Gasteiger partial charge in [0.1, 0.15) is 0 Å². The van der Waals surface area contributed by atoms with E-state index in [1.807, 2.05) is 42.5 Å². The lowest BCUT2D eigenvalue weighted by Crippen LogP contribution is -2.38. The molecule has 2 aromatic rings. The molecule has 0 aliphatic rings. The van der Waals surface area contributed by atoms with E-state index in [1.165, 1.54) is 11.1 Å². The molecule has 144 valence electrons. The normalized spacial score (nSPS) is 11.1. The van der Waals surface area contributed by atoms with Crippen LogP contribution in [0.4, 0.5) is 0 Å². The molecule has 0 spiro atoms. The summed E-state index contributed by atoms with van der Waals surface area (Å²) in [6, 6.07) is 17.8. The van der Waals surface area contributed by atoms with Crippen molar-refractivity contribution in [3.8, 4) is 0 Å². The van der Waals surface area contributed by atoms with E-state index in [4.69, 9.17) is 0 Å². The highest BCUT2D eigenvalue weighted by atomic mass is 16.2. The fourth-order valence-electron chi connectivity index (χ4n) is 2.86. The van der Waals surface area contributed by atoms with Crippen molar-refractivity contribution < 1.29 is 9.59 Å². The van der Waals surface area contributed by atoms with Gasteiger partial charge in [0.2, 0.25) is 5.91 Å². The molecule has 0 saturated carbocycles. The summed E-state index contributed by atoms with van der Waals surface area (Å²) in [4.78, 5) is 26.0. The Kier molecular flexibility index (Phi) is 7.17. The van der Waals surface area contributed by atoms with Gasteiger partial charge in [0.05, 0.1) is 0 Å². The van der Waals surface area contributed by atoms with Gasteiger partial charge in [-0.25, -0.2) is 0 Å². The van der Waals surface area contributed by atoms with Crippen LogP contribution in [0.1, 0.15) is 49.2 Å². The number of nitrogens with zero attached hydrogens (tertiary/aromatic N) is 1. The van der Waals surface area contributed by atoms with Gasteiger partial charge in [0, 0.05) is 32.1 Å². The zero-order chi connectivity index (χ0) is 19.9. The summed E-state index contributed by atoms with van der Waals surface area (Å²) in [6.45, 7) is 9.60. The first-order valence-corrected chi connectivity index (χ1v) is 9.45. The van der Waals surface area contributed by atoms with Gasteiger partial charge in [-0.3, -0.25) is 9.59 Å². The fraction of sp³-hybridized carbons (Fsp3) is 0.391. The average molecular weight is 367 g/mol. The second-order valence-corrected chi connectivity index (χ2v) is 7.82. The molecule has 4 heteroatoms. The van der Waals surface area contributed by atoms with Gasteiger partial charge < -0.3 is 10.2 Å². The Bertz CT molecular complexity index is 746. The Morgan fingerprint density at radius 2 is 1.56 bits per heavy atom. The van der Waals surface area contributed by atoms with Gasteiger partial charge in [0.15, 0.2) is 0 Å². The summed E-state index contributed by atoms with van der Waals surface area (Å²) >= 11 is 0. The van der Waals surface area contributed by atoms with Gasteiger partial charge in [-0.15, -0.1) is 0 Å². The van der Waals surface area contributed by atoms with Gasteiger partial charge in [0.25, 0.3) is 5.91 Å². The second kappa shape index (κ2) is 9.36. The maximum absolute atomic E-state index is 12.3. The predicted octanol–water partition coefficient (Wildman–Crippen LogP) is 3.81. The lowest BCUT2D eigenvalue weighted by molar-refractivity contribution is -0.128. The Balaban J connectivity index is 1.83. The maximum Gasteiger partial charge on any atom is 0.251 e. The van der Waals surface area contributed by atoms with Crippen molar-refractivity contribution in [3.05, 3.63) is 71.3 Å². The number of carbonyl (C=O) groups is 2. The van der Waals surface area contributed by atoms with Gasteiger partial charge >= 0.3 is 0 Å². The smallest absolute Gasteiger partial charge is 0.251 e. The van der Waals surface area contributed by atoms with Crippen LogP contribution in [0.3, 0.4) is 0 Å². The molecule has 0 heterocycles. The lowest BCUT2D eigenvalue weighted by atomic mass is 9.87. The topological polar surface area (TPSA) is 49.4 Å². The van der Waals surface area contributed by atoms with Crippen molar-refractivity contribution in [1.82, 2.24) is 10.2 Å². The van der Waals surface area contributed by atoms with E-state index in [2.05, 4.69) is 38.2 Å². The van der Waals surface area contributed by atoms with Crippen LogP contribution in [0.2, 0.25) is 0 Å². The summed E-state index contributed by atoms with van der Waals surface area (Å²) < 4.78 is 0. The molecule has 0 aromatic heterocycles. The zero-order valence-electron chi connectivity index (χ0n) is 16.8. The largest absolute Gasteiger partial charge is 0.350 e. The molecule has 0 aliphatic carbocycles. The number of hydrogen-bond acceptors (Lipinski definition) is 2. The van der Waals surface area contributed by atoms with Gasteiger partial charge in [-0.1, -0.05) is 63.2 Å². The van der Waals surface area contributed by atoms with Crippen LogP contribution in [0.15, 0.2) is 54.6 Å². The number of benzene rings is 2. The first-order chi connectivity index (χ1) is 12.8. The summed E-state index contributed by atoms with van der Waals surface area (Å²) in [5.74, 6) is -0.0864. The SMILES string of the molecule is CC(=O)N(CCNC(=O)c1ccc(C(C)(C)C)cc1)CCc1ccccc1. The molecule has 0 atom stereocenters. The lowest BCUT2D eigenvalue weighted by Gasteiger charge is -2.21. The minimum atomic E-state index is -0.109. The molecule has 2 rings (SSSR count). The van der Waals surface area contributed by atoms with Crippen LogP contribution in [-0.4, -0.2) is 36.3 Å². The van der Waals surface area contributed by atoms with Crippen LogP contribution in [0.5, 0.6) is 0 Å². The van der Waals surface area contributed by atoms with Crippen molar-refractivity contribution in [3.63, 3.8) is 0 Å². The van der Waals surface area contributed by atoms with Gasteiger partial charge in [-0.2, -0.15) is 0 Å². The predicted molar refractivity (Wildman–Crippen MR) is 110 cm³/mol. The average Bonchev–Trinajstić information content (AvgIpc) is 2.64. The standard InChI is InChI=1S/C23H30N2O2/c1-18(26)25(16-14-19-8-6-5-7-9-19)17-15-24-22(27)20-10-12-21(13-11-20)23(2,3)4/h5-13H,14-17H2,1-4H3,(H,24,27). The second-order valence-electron chi connectivity index (χ2n) is 7.82. The highest BCUT2D eigenvalue weighted by molar-refractivity contribution is 5.94. The fourth-order valence-corrected chi connectivity index (χ4v) is 2.86. The first-order valence-electron chi connectivity index (χ1n) is 9.45. The highest BCUT2D eigenvalue weighted by Gasteiger charge is 2.14. The van der Waals surface area contributed by atoms with Crippen molar-refractivity contribution in [2.75, 3.05) is 19.6 Å². The molecule has 0 unspecified atom stereocenters. The Labute approximate surface area is 162 Å². The number of rotatable bonds is 7. The molecule has 2 amide bonds. The zero-order valence-corrected chi connectivity index (χ0v) is 16.8. The number of nitrogens with one attached hydrogen (secondary N) is 1. The minimum absolute atomic E-state index is 0.0229.